The summed E-state index contributed by atoms with van der Waals surface area (Å²) in [5.41, 5.74) is 11.6. The van der Waals surface area contributed by atoms with Crippen molar-refractivity contribution in [2.75, 3.05) is 0 Å². The van der Waals surface area contributed by atoms with Gasteiger partial charge in [0.25, 0.3) is 0 Å². The van der Waals surface area contributed by atoms with E-state index >= 15 is 0 Å². The minimum atomic E-state index is -3.47. The highest BCUT2D eigenvalue weighted by Crippen LogP contribution is 2.54. The minimum absolute atomic E-state index is 0.332. The predicted octanol–water partition coefficient (Wildman–Crippen LogP) is 20.3. The van der Waals surface area contributed by atoms with Gasteiger partial charge in [-0.3, -0.25) is 0 Å². The molecule has 0 N–H and O–H groups in total. The van der Waals surface area contributed by atoms with Crippen molar-refractivity contribution >= 4 is 67.5 Å². The number of hydrogen-bond donors (Lipinski definition) is 0. The quantitative estimate of drug-likeness (QED) is 0.0575. The largest absolute Gasteiger partial charge is 0.475 e. The number of allylic oxidation sites excluding steroid dienone is 8. The summed E-state index contributed by atoms with van der Waals surface area (Å²) < 4.78 is 48.4. The van der Waals surface area contributed by atoms with Crippen molar-refractivity contribution in [2.45, 2.75) is 281 Å². The van der Waals surface area contributed by atoms with Crippen LogP contribution >= 0.6 is 0 Å². The molecule has 0 aromatic carbocycles. The van der Waals surface area contributed by atoms with Gasteiger partial charge in [0.05, 0.1) is 0 Å². The molecule has 0 radical (unpaired) electrons. The topological polar surface area (TPSA) is 55.4 Å². The Morgan fingerprint density at radius 1 is 0.346 bits per heavy atom. The van der Waals surface area contributed by atoms with Crippen molar-refractivity contribution in [1.29, 1.82) is 0 Å². The zero-order valence-electron chi connectivity index (χ0n) is 52.3. The third-order valence-corrected chi connectivity index (χ3v) is 52.3. The van der Waals surface area contributed by atoms with E-state index in [-0.39, 0.29) is 0 Å². The third kappa shape index (κ3) is 16.3. The van der Waals surface area contributed by atoms with Gasteiger partial charge >= 0.3 is 17.6 Å². The molecule has 440 valence electrons. The molecule has 0 aliphatic heterocycles. The van der Waals surface area contributed by atoms with Crippen molar-refractivity contribution in [2.24, 2.45) is 47.3 Å². The summed E-state index contributed by atoms with van der Waals surface area (Å²) >= 11 is 0. The molecule has 0 aromatic heterocycles. The van der Waals surface area contributed by atoms with Gasteiger partial charge in [0.15, 0.2) is 49.9 Å². The van der Waals surface area contributed by atoms with Crippen molar-refractivity contribution in [3.63, 3.8) is 0 Å². The Labute approximate surface area is 488 Å². The molecule has 0 spiro atoms. The zero-order chi connectivity index (χ0) is 55.8. The Morgan fingerprint density at radius 3 is 0.808 bits per heavy atom. The van der Waals surface area contributed by atoms with Gasteiger partial charge in [0, 0.05) is 11.1 Å². The molecule has 8 bridgehead atoms. The van der Waals surface area contributed by atoms with Crippen LogP contribution in [0.1, 0.15) is 167 Å². The maximum absolute atomic E-state index is 8.80. The van der Waals surface area contributed by atoms with E-state index in [9.17, 15) is 0 Å². The van der Waals surface area contributed by atoms with Crippen LogP contribution in [0.2, 0.25) is 114 Å². The van der Waals surface area contributed by atoms with E-state index in [1.165, 1.54) is 191 Å². The summed E-state index contributed by atoms with van der Waals surface area (Å²) in [4.78, 5) is 0. The maximum Gasteiger partial charge on any atom is 0.475 e. The predicted molar refractivity (Wildman–Crippen MR) is 350 cm³/mol. The monoisotopic (exact) mass is 1200 g/mol. The van der Waals surface area contributed by atoms with Gasteiger partial charge in [-0.25, -0.2) is 0 Å². The van der Waals surface area contributed by atoms with Gasteiger partial charge in [-0.2, -0.15) is 0 Å². The maximum atomic E-state index is 8.80. The van der Waals surface area contributed by atoms with E-state index in [1.54, 1.807) is 22.3 Å². The van der Waals surface area contributed by atoms with Gasteiger partial charge < -0.3 is 24.7 Å². The number of rotatable bonds is 28. The first-order valence-electron chi connectivity index (χ1n) is 33.1. The molecule has 6 fully saturated rings. The third-order valence-electron chi connectivity index (χ3n) is 21.5. The lowest BCUT2D eigenvalue weighted by Gasteiger charge is -2.53. The van der Waals surface area contributed by atoms with Gasteiger partial charge in [0.2, 0.25) is 0 Å². The van der Waals surface area contributed by atoms with Crippen molar-refractivity contribution < 1.29 is 24.7 Å². The number of fused-ring (bicyclic) bond motifs is 8. The van der Waals surface area contributed by atoms with Crippen LogP contribution in [0, 0.1) is 47.3 Å². The van der Waals surface area contributed by atoms with Crippen LogP contribution in [0.15, 0.2) is 71.2 Å². The van der Waals surface area contributed by atoms with Crippen molar-refractivity contribution in [3.8, 4) is 0 Å². The molecule has 8 unspecified atom stereocenters. The van der Waals surface area contributed by atoms with E-state index < -0.39 is 67.5 Å². The summed E-state index contributed by atoms with van der Waals surface area (Å²) in [6, 6.07) is 4.68. The molecule has 78 heavy (non-hydrogen) atoms. The smallest absolute Gasteiger partial charge is 0.449 e. The van der Waals surface area contributed by atoms with Crippen molar-refractivity contribution in [1.82, 2.24) is 0 Å². The van der Waals surface area contributed by atoms with Crippen LogP contribution in [0.3, 0.4) is 0 Å². The minimum Gasteiger partial charge on any atom is -0.449 e. The molecule has 10 aliphatic carbocycles. The molecule has 6 saturated carbocycles. The summed E-state index contributed by atoms with van der Waals surface area (Å²) in [5.74, 6) is 6.64. The fraction of sp³-hybridized carbons (Fsp3) is 0.812. The van der Waals surface area contributed by atoms with Gasteiger partial charge in [-0.05, 0) is 279 Å². The van der Waals surface area contributed by atoms with E-state index in [2.05, 4.69) is 116 Å². The second kappa shape index (κ2) is 25.5. The Hall–Kier alpha value is -0.0649. The Bertz CT molecular complexity index is 1940. The highest BCUT2D eigenvalue weighted by molar-refractivity contribution is 6.94. The van der Waals surface area contributed by atoms with Gasteiger partial charge in [0.1, 0.15) is 0 Å². The molecule has 8 atom stereocenters. The first-order valence-corrected chi connectivity index (χ1v) is 55.1. The van der Waals surface area contributed by atoms with Crippen LogP contribution in [0.4, 0.5) is 0 Å². The first-order chi connectivity index (χ1) is 36.8. The molecular weight excluding hydrogens is 1090 g/mol. The fourth-order valence-corrected chi connectivity index (χ4v) is 51.6. The lowest BCUT2D eigenvalue weighted by molar-refractivity contribution is 0.140. The van der Waals surface area contributed by atoms with Crippen LogP contribution < -0.4 is 0 Å². The van der Waals surface area contributed by atoms with E-state index in [4.69, 9.17) is 24.7 Å². The molecular formula is C64H116O6Si8. The van der Waals surface area contributed by atoms with Gasteiger partial charge in [-0.15, -0.1) is 13.2 Å². The fourth-order valence-electron chi connectivity index (χ4n) is 16.9. The van der Waals surface area contributed by atoms with E-state index in [1.807, 2.05) is 11.4 Å². The first kappa shape index (κ1) is 62.5. The highest BCUT2D eigenvalue weighted by Gasteiger charge is 2.66. The SMILES string of the molecule is C=C[Si](C)(C)O[Si](C)(C)C=C.C[Si](C)(CCC1=CC2CCC1C2)O[Si](O[Si](C)(C)CCC1=CC2CCC1C2)(O[Si](O[Si](C)(C)CCC1=CC2CCC1C2)(O[Si](C)(C)CCC1=CC2CCC1C2)C1CCCCC1)C1CCCCC1. The average Bonchev–Trinajstić information content (AvgIpc) is 4.36. The van der Waals surface area contributed by atoms with Crippen LogP contribution in [-0.2, 0) is 24.7 Å². The van der Waals surface area contributed by atoms with Crippen LogP contribution in [0.5, 0.6) is 0 Å². The lowest BCUT2D eigenvalue weighted by Crippen LogP contribution is -2.71. The van der Waals surface area contributed by atoms with Crippen LogP contribution in [0.25, 0.3) is 0 Å². The Kier molecular flexibility index (Phi) is 20.4. The highest BCUT2D eigenvalue weighted by atomic mass is 28.5. The Morgan fingerprint density at radius 2 is 0.603 bits per heavy atom. The molecule has 0 amide bonds. The summed E-state index contributed by atoms with van der Waals surface area (Å²) in [7, 11) is -19.4. The van der Waals surface area contributed by atoms with Gasteiger partial charge in [-0.1, -0.05) is 96.5 Å². The summed E-state index contributed by atoms with van der Waals surface area (Å²) in [6.07, 6.45) is 44.9. The number of hydrogen-bond acceptors (Lipinski definition) is 6. The summed E-state index contributed by atoms with van der Waals surface area (Å²) in [6.45, 7) is 36.7. The zero-order valence-corrected chi connectivity index (χ0v) is 60.3. The average molecular weight is 1210 g/mol. The van der Waals surface area contributed by atoms with E-state index in [0.717, 1.165) is 47.3 Å². The molecule has 0 saturated heterocycles. The second-order valence-corrected chi connectivity index (χ2v) is 63.4. The molecule has 10 aliphatic rings. The van der Waals surface area contributed by atoms with Crippen molar-refractivity contribution in [3.05, 3.63) is 71.2 Å². The second-order valence-electron chi connectivity index (χ2n) is 31.2. The molecule has 10 rings (SSSR count). The molecule has 0 aromatic rings. The Balaban J connectivity index is 0.000000607. The molecule has 14 heteroatoms. The van der Waals surface area contributed by atoms with E-state index in [0.29, 0.717) is 11.1 Å². The molecule has 0 heterocycles. The standard InChI is InChI=1S/C56H98O5Si6.C8H18OSi2/c1-62(2,31-27-51-39-43-19-23-47(51)35-43)57-66(55-15-11-9-12-16-55,58-63(3,4)32-28-52-40-44-20-24-48(52)36-44)61-67(56-17-13-10-14-18-56,59-64(5,6)33-29-53-41-45-21-25-49(53)37-45)60-65(7,8)34-30-54-42-46-22-26-50(54)38-46;1-7-10(3,4)9-11(5,6)8-2/h39-50,55-56H,9-38H2,1-8H3;7-8H,1-2H2,3-6H3. The lowest BCUT2D eigenvalue weighted by atomic mass is 9.97. The van der Waals surface area contributed by atoms with Crippen LogP contribution in [-0.4, -0.2) is 67.5 Å². The summed E-state index contributed by atoms with van der Waals surface area (Å²) in [5, 5.41) is 0. The normalized spacial score (nSPS) is 30.9. The molecule has 6 nitrogen and oxygen atoms in total.